The Morgan fingerprint density at radius 2 is 2.00 bits per heavy atom. The number of aliphatic hydroxyl groups is 1. The van der Waals surface area contributed by atoms with Gasteiger partial charge in [-0.25, -0.2) is 0 Å². The first kappa shape index (κ1) is 7.07. The van der Waals surface area contributed by atoms with Crippen molar-refractivity contribution in [3.8, 4) is 0 Å². The van der Waals surface area contributed by atoms with Crippen LogP contribution >= 0.6 is 0 Å². The van der Waals surface area contributed by atoms with Gasteiger partial charge in [-0.3, -0.25) is 0 Å². The highest BCUT2D eigenvalue weighted by Crippen LogP contribution is 2.40. The second-order valence-electron chi connectivity index (χ2n) is 4.05. The molecule has 0 radical (unpaired) electrons. The van der Waals surface area contributed by atoms with Gasteiger partial charge < -0.3 is 5.11 Å². The maximum absolute atomic E-state index is 9.43. The second-order valence-corrected chi connectivity index (χ2v) is 4.05. The summed E-state index contributed by atoms with van der Waals surface area (Å²) in [5, 5.41) is 9.43. The molecule has 1 fully saturated rings. The fraction of sp³-hybridized carbons (Fsp3) is 1.00. The van der Waals surface area contributed by atoms with E-state index in [1.807, 2.05) is 0 Å². The van der Waals surface area contributed by atoms with Gasteiger partial charge in [0.05, 0.1) is 6.10 Å². The van der Waals surface area contributed by atoms with Crippen LogP contribution in [0.3, 0.4) is 0 Å². The van der Waals surface area contributed by atoms with Crippen molar-refractivity contribution < 1.29 is 5.11 Å². The molecule has 0 saturated heterocycles. The van der Waals surface area contributed by atoms with E-state index in [1.165, 1.54) is 6.42 Å². The first-order valence-corrected chi connectivity index (χ1v) is 3.70. The maximum Gasteiger partial charge on any atom is 0.0593 e. The van der Waals surface area contributed by atoms with Crippen molar-refractivity contribution >= 4 is 0 Å². The fourth-order valence-corrected chi connectivity index (χ4v) is 1.82. The van der Waals surface area contributed by atoms with Gasteiger partial charge in [-0.1, -0.05) is 20.8 Å². The van der Waals surface area contributed by atoms with Gasteiger partial charge in [0.1, 0.15) is 0 Å². The molecule has 9 heavy (non-hydrogen) atoms. The van der Waals surface area contributed by atoms with E-state index in [9.17, 15) is 5.11 Å². The third kappa shape index (κ3) is 1.26. The highest BCUT2D eigenvalue weighted by molar-refractivity contribution is 4.87. The van der Waals surface area contributed by atoms with Gasteiger partial charge in [0.15, 0.2) is 0 Å². The summed E-state index contributed by atoms with van der Waals surface area (Å²) < 4.78 is 0. The van der Waals surface area contributed by atoms with Gasteiger partial charge in [-0.2, -0.15) is 0 Å². The third-order valence-electron chi connectivity index (χ3n) is 2.40. The fourth-order valence-electron chi connectivity index (χ4n) is 1.82. The van der Waals surface area contributed by atoms with E-state index in [2.05, 4.69) is 20.8 Å². The second kappa shape index (κ2) is 1.98. The van der Waals surface area contributed by atoms with Crippen LogP contribution in [0.25, 0.3) is 0 Å². The number of aliphatic hydroxyl groups excluding tert-OH is 1. The van der Waals surface area contributed by atoms with Crippen LogP contribution in [0.2, 0.25) is 0 Å². The molecule has 0 spiro atoms. The zero-order valence-electron chi connectivity index (χ0n) is 6.52. The van der Waals surface area contributed by atoms with E-state index in [1.54, 1.807) is 0 Å². The normalized spacial score (nSPS) is 41.3. The molecule has 1 aliphatic rings. The first-order chi connectivity index (χ1) is 4.02. The summed E-state index contributed by atoms with van der Waals surface area (Å²) >= 11 is 0. The summed E-state index contributed by atoms with van der Waals surface area (Å²) in [4.78, 5) is 0. The van der Waals surface area contributed by atoms with Crippen molar-refractivity contribution in [1.82, 2.24) is 0 Å². The number of hydrogen-bond acceptors (Lipinski definition) is 1. The maximum atomic E-state index is 9.43. The van der Waals surface area contributed by atoms with Crippen LogP contribution in [0.5, 0.6) is 0 Å². The summed E-state index contributed by atoms with van der Waals surface area (Å²) in [5.74, 6) is 0.718. The average Bonchev–Trinajstić information content (AvgIpc) is 1.79. The Morgan fingerprint density at radius 3 is 2.11 bits per heavy atom. The lowest BCUT2D eigenvalue weighted by molar-refractivity contribution is 0.0796. The molecular formula is C8H16O. The third-order valence-corrected chi connectivity index (χ3v) is 2.40. The van der Waals surface area contributed by atoms with Crippen molar-refractivity contribution in [3.05, 3.63) is 0 Å². The smallest absolute Gasteiger partial charge is 0.0593 e. The van der Waals surface area contributed by atoms with Crippen LogP contribution < -0.4 is 0 Å². The molecule has 1 aliphatic carbocycles. The van der Waals surface area contributed by atoms with Crippen LogP contribution in [0, 0.1) is 11.3 Å². The Hall–Kier alpha value is -0.0400. The SMILES string of the molecule is CC1CC(O)C(C)(C)C1. The summed E-state index contributed by atoms with van der Waals surface area (Å²) in [6, 6.07) is 0. The molecule has 54 valence electrons. The standard InChI is InChI=1S/C8H16O/c1-6-4-7(9)8(2,3)5-6/h6-7,9H,4-5H2,1-3H3. The molecular weight excluding hydrogens is 112 g/mol. The summed E-state index contributed by atoms with van der Waals surface area (Å²) in [6.45, 7) is 6.49. The molecule has 0 aromatic rings. The van der Waals surface area contributed by atoms with E-state index in [-0.39, 0.29) is 11.5 Å². The van der Waals surface area contributed by atoms with Gasteiger partial charge in [0.25, 0.3) is 0 Å². The van der Waals surface area contributed by atoms with Crippen LogP contribution in [0.4, 0.5) is 0 Å². The predicted molar refractivity (Wildman–Crippen MR) is 38.2 cm³/mol. The minimum absolute atomic E-state index is 0.0625. The van der Waals surface area contributed by atoms with Crippen molar-refractivity contribution in [2.75, 3.05) is 0 Å². The van der Waals surface area contributed by atoms with Crippen LogP contribution in [-0.4, -0.2) is 11.2 Å². The number of rotatable bonds is 0. The van der Waals surface area contributed by atoms with Gasteiger partial charge in [0, 0.05) is 0 Å². The largest absolute Gasteiger partial charge is 0.393 e. The summed E-state index contributed by atoms with van der Waals surface area (Å²) in [6.07, 6.45) is 2.11. The highest BCUT2D eigenvalue weighted by atomic mass is 16.3. The van der Waals surface area contributed by atoms with Crippen LogP contribution in [0.15, 0.2) is 0 Å². The molecule has 1 heteroatoms. The van der Waals surface area contributed by atoms with E-state index >= 15 is 0 Å². The van der Waals surface area contributed by atoms with Crippen molar-refractivity contribution in [1.29, 1.82) is 0 Å². The highest BCUT2D eigenvalue weighted by Gasteiger charge is 2.36. The van der Waals surface area contributed by atoms with E-state index in [0.717, 1.165) is 12.3 Å². The van der Waals surface area contributed by atoms with Crippen molar-refractivity contribution in [2.45, 2.75) is 39.7 Å². The lowest BCUT2D eigenvalue weighted by Gasteiger charge is -2.21. The quantitative estimate of drug-likeness (QED) is 0.527. The molecule has 0 amide bonds. The molecule has 0 aliphatic heterocycles. The average molecular weight is 128 g/mol. The van der Waals surface area contributed by atoms with Gasteiger partial charge in [0.2, 0.25) is 0 Å². The summed E-state index contributed by atoms with van der Waals surface area (Å²) in [5.41, 5.74) is 0.180. The Balaban J connectivity index is 2.58. The van der Waals surface area contributed by atoms with E-state index in [4.69, 9.17) is 0 Å². The molecule has 0 aromatic carbocycles. The molecule has 2 unspecified atom stereocenters. The molecule has 1 N–H and O–H groups in total. The molecule has 1 rings (SSSR count). The lowest BCUT2D eigenvalue weighted by Crippen LogP contribution is -2.21. The van der Waals surface area contributed by atoms with Crippen LogP contribution in [-0.2, 0) is 0 Å². The van der Waals surface area contributed by atoms with E-state index in [0.29, 0.717) is 0 Å². The van der Waals surface area contributed by atoms with Gasteiger partial charge in [-0.15, -0.1) is 0 Å². The topological polar surface area (TPSA) is 20.2 Å². The Kier molecular flexibility index (Phi) is 1.55. The summed E-state index contributed by atoms with van der Waals surface area (Å²) in [7, 11) is 0. The first-order valence-electron chi connectivity index (χ1n) is 3.70. The predicted octanol–water partition coefficient (Wildman–Crippen LogP) is 1.80. The monoisotopic (exact) mass is 128 g/mol. The Morgan fingerprint density at radius 1 is 1.44 bits per heavy atom. The van der Waals surface area contributed by atoms with Crippen molar-refractivity contribution in [3.63, 3.8) is 0 Å². The molecule has 1 saturated carbocycles. The molecule has 0 aromatic heterocycles. The van der Waals surface area contributed by atoms with Gasteiger partial charge in [-0.05, 0) is 24.2 Å². The van der Waals surface area contributed by atoms with E-state index < -0.39 is 0 Å². The number of hydrogen-bond donors (Lipinski definition) is 1. The Bertz CT molecular complexity index is 107. The molecule has 0 heterocycles. The molecule has 0 bridgehead atoms. The minimum atomic E-state index is -0.0625. The molecule has 2 atom stereocenters. The zero-order valence-corrected chi connectivity index (χ0v) is 6.52. The lowest BCUT2D eigenvalue weighted by atomic mass is 9.89. The zero-order chi connectivity index (χ0) is 7.07. The van der Waals surface area contributed by atoms with Crippen molar-refractivity contribution in [2.24, 2.45) is 11.3 Å². The minimum Gasteiger partial charge on any atom is -0.393 e. The molecule has 1 nitrogen and oxygen atoms in total. The van der Waals surface area contributed by atoms with Crippen LogP contribution in [0.1, 0.15) is 33.6 Å². The Labute approximate surface area is 57.1 Å². The van der Waals surface area contributed by atoms with Gasteiger partial charge >= 0.3 is 0 Å².